The van der Waals surface area contributed by atoms with Crippen molar-refractivity contribution in [3.05, 3.63) is 79.9 Å². The van der Waals surface area contributed by atoms with Gasteiger partial charge in [-0.1, -0.05) is 11.6 Å². The smallest absolute Gasteiger partial charge is 0.141 e. The maximum atomic E-state index is 13.2. The fourth-order valence-electron chi connectivity index (χ4n) is 2.62. The maximum absolute atomic E-state index is 13.2. The van der Waals surface area contributed by atoms with Gasteiger partial charge < -0.3 is 4.57 Å². The monoisotopic (exact) mass is 452 g/mol. The van der Waals surface area contributed by atoms with Crippen LogP contribution in [0.15, 0.2) is 53.5 Å². The average molecular weight is 453 g/mol. The molecule has 0 aliphatic heterocycles. The minimum Gasteiger partial charge on any atom is -0.318 e. The molecule has 0 aliphatic rings. The maximum Gasteiger partial charge on any atom is 0.141 e. The molecule has 0 saturated carbocycles. The van der Waals surface area contributed by atoms with Crippen molar-refractivity contribution in [2.45, 2.75) is 13.8 Å². The molecule has 0 aliphatic carbocycles. The highest BCUT2D eigenvalue weighted by Gasteiger charge is 2.09. The van der Waals surface area contributed by atoms with Crippen molar-refractivity contribution in [2.24, 2.45) is 4.99 Å². The van der Waals surface area contributed by atoms with Crippen LogP contribution in [0.3, 0.4) is 0 Å². The van der Waals surface area contributed by atoms with Crippen molar-refractivity contribution >= 4 is 46.1 Å². The minimum absolute atomic E-state index is 0.0778. The van der Waals surface area contributed by atoms with Gasteiger partial charge in [-0.25, -0.2) is 4.39 Å². The summed E-state index contributed by atoms with van der Waals surface area (Å²) in [4.78, 5) is 4.41. The van der Waals surface area contributed by atoms with E-state index >= 15 is 0 Å². The van der Waals surface area contributed by atoms with Crippen LogP contribution in [0.25, 0.3) is 5.69 Å². The first-order valence-electron chi connectivity index (χ1n) is 7.39. The van der Waals surface area contributed by atoms with Gasteiger partial charge >= 0.3 is 0 Å². The molecule has 5 heteroatoms. The van der Waals surface area contributed by atoms with Crippen LogP contribution in [0.4, 0.5) is 10.1 Å². The van der Waals surface area contributed by atoms with E-state index in [2.05, 4.69) is 76.3 Å². The van der Waals surface area contributed by atoms with Crippen molar-refractivity contribution in [3.8, 4) is 5.69 Å². The van der Waals surface area contributed by atoms with Gasteiger partial charge in [-0.2, -0.15) is 0 Å². The van der Waals surface area contributed by atoms with Crippen LogP contribution in [-0.4, -0.2) is 10.8 Å². The third-order valence-corrected chi connectivity index (χ3v) is 4.82. The Hall–Kier alpha value is -1.66. The van der Waals surface area contributed by atoms with E-state index in [-0.39, 0.29) is 5.02 Å². The largest absolute Gasteiger partial charge is 0.318 e. The third-order valence-electron chi connectivity index (χ3n) is 3.81. The lowest BCUT2D eigenvalue weighted by molar-refractivity contribution is 0.628. The van der Waals surface area contributed by atoms with Gasteiger partial charge in [0.15, 0.2) is 0 Å². The summed E-state index contributed by atoms with van der Waals surface area (Å²) in [6.07, 6.45) is 1.79. The molecule has 0 amide bonds. The number of nitrogens with zero attached hydrogens (tertiary/aromatic N) is 2. The normalized spacial score (nSPS) is 11.4. The summed E-state index contributed by atoms with van der Waals surface area (Å²) in [6, 6.07) is 14.9. The molecule has 0 radical (unpaired) electrons. The van der Waals surface area contributed by atoms with Crippen LogP contribution >= 0.6 is 34.2 Å². The zero-order valence-electron chi connectivity index (χ0n) is 13.2. The Morgan fingerprint density at radius 2 is 1.79 bits per heavy atom. The Bertz CT molecular complexity index is 914. The standard InChI is InChI=1S/C19H15ClFIN2/c1-12-9-14(11-23-16-5-8-19(21)18(20)10-16)13(2)24(12)17-6-3-15(22)4-7-17/h3-11H,1-2H3. The summed E-state index contributed by atoms with van der Waals surface area (Å²) >= 11 is 8.09. The molecule has 0 N–H and O–H groups in total. The first-order chi connectivity index (χ1) is 11.5. The number of halogens is 3. The summed E-state index contributed by atoms with van der Waals surface area (Å²) in [5, 5.41) is 0.0778. The molecule has 122 valence electrons. The number of hydrogen-bond donors (Lipinski definition) is 0. The van der Waals surface area contributed by atoms with Crippen molar-refractivity contribution in [2.75, 3.05) is 0 Å². The molecule has 2 aromatic carbocycles. The van der Waals surface area contributed by atoms with Crippen molar-refractivity contribution < 1.29 is 4.39 Å². The molecule has 1 aromatic heterocycles. The Kier molecular flexibility index (Phi) is 5.06. The lowest BCUT2D eigenvalue weighted by Gasteiger charge is -2.09. The molecular weight excluding hydrogens is 438 g/mol. The molecule has 2 nitrogen and oxygen atoms in total. The van der Waals surface area contributed by atoms with Crippen molar-refractivity contribution in [1.29, 1.82) is 0 Å². The van der Waals surface area contributed by atoms with E-state index in [0.717, 1.165) is 22.6 Å². The highest BCUT2D eigenvalue weighted by Crippen LogP contribution is 2.23. The van der Waals surface area contributed by atoms with E-state index in [1.165, 1.54) is 15.7 Å². The quantitative estimate of drug-likeness (QED) is 0.330. The third kappa shape index (κ3) is 3.54. The lowest BCUT2D eigenvalue weighted by atomic mass is 10.2. The van der Waals surface area contributed by atoms with E-state index in [0.29, 0.717) is 5.69 Å². The Morgan fingerprint density at radius 3 is 2.46 bits per heavy atom. The predicted molar refractivity (Wildman–Crippen MR) is 107 cm³/mol. The first kappa shape index (κ1) is 17.2. The second-order valence-corrected chi connectivity index (χ2v) is 7.15. The van der Waals surface area contributed by atoms with Crippen LogP contribution < -0.4 is 0 Å². The highest BCUT2D eigenvalue weighted by molar-refractivity contribution is 14.1. The zero-order valence-corrected chi connectivity index (χ0v) is 16.1. The van der Waals surface area contributed by atoms with Gasteiger partial charge in [-0.05, 0) is 85.0 Å². The summed E-state index contributed by atoms with van der Waals surface area (Å²) in [7, 11) is 0. The molecule has 0 bridgehead atoms. The molecule has 3 rings (SSSR count). The van der Waals surface area contributed by atoms with E-state index in [1.807, 2.05) is 0 Å². The lowest BCUT2D eigenvalue weighted by Crippen LogP contribution is -1.99. The Balaban J connectivity index is 1.95. The molecule has 0 spiro atoms. The van der Waals surface area contributed by atoms with E-state index < -0.39 is 5.82 Å². The van der Waals surface area contributed by atoms with E-state index in [1.54, 1.807) is 12.3 Å². The molecule has 0 saturated heterocycles. The van der Waals surface area contributed by atoms with Crippen LogP contribution in [0.5, 0.6) is 0 Å². The summed E-state index contributed by atoms with van der Waals surface area (Å²) in [6.45, 7) is 4.13. The second-order valence-electron chi connectivity index (χ2n) is 5.49. The molecular formula is C19H15ClFIN2. The van der Waals surface area contributed by atoms with Gasteiger partial charge in [0.25, 0.3) is 0 Å². The Labute approximate surface area is 159 Å². The molecule has 24 heavy (non-hydrogen) atoms. The van der Waals surface area contributed by atoms with E-state index in [4.69, 9.17) is 11.6 Å². The van der Waals surface area contributed by atoms with Crippen LogP contribution in [-0.2, 0) is 0 Å². The van der Waals surface area contributed by atoms with Gasteiger partial charge in [-0.3, -0.25) is 4.99 Å². The number of rotatable bonds is 3. The first-order valence-corrected chi connectivity index (χ1v) is 8.85. The average Bonchev–Trinajstić information content (AvgIpc) is 2.84. The van der Waals surface area contributed by atoms with Gasteiger partial charge in [0.05, 0.1) is 10.7 Å². The Morgan fingerprint density at radius 1 is 1.08 bits per heavy atom. The van der Waals surface area contributed by atoms with Crippen LogP contribution in [0, 0.1) is 23.2 Å². The number of aliphatic imine (C=N–C) groups is 1. The van der Waals surface area contributed by atoms with Gasteiger partial charge in [-0.15, -0.1) is 0 Å². The summed E-state index contributed by atoms with van der Waals surface area (Å²) in [5.74, 6) is -0.437. The number of hydrogen-bond acceptors (Lipinski definition) is 1. The predicted octanol–water partition coefficient (Wildman–Crippen LogP) is 6.24. The second kappa shape index (κ2) is 7.07. The number of benzene rings is 2. The SMILES string of the molecule is Cc1cc(C=Nc2ccc(F)c(Cl)c2)c(C)n1-c1ccc(I)cc1. The van der Waals surface area contributed by atoms with E-state index in [9.17, 15) is 4.39 Å². The van der Waals surface area contributed by atoms with Crippen LogP contribution in [0.1, 0.15) is 17.0 Å². The molecule has 0 atom stereocenters. The molecule has 1 heterocycles. The highest BCUT2D eigenvalue weighted by atomic mass is 127. The summed E-state index contributed by atoms with van der Waals surface area (Å²) in [5.41, 5.74) is 5.00. The fraction of sp³-hybridized carbons (Fsp3) is 0.105. The minimum atomic E-state index is -0.437. The van der Waals surface area contributed by atoms with Crippen molar-refractivity contribution in [3.63, 3.8) is 0 Å². The van der Waals surface area contributed by atoms with Gasteiger partial charge in [0.1, 0.15) is 5.82 Å². The number of aromatic nitrogens is 1. The molecule has 3 aromatic rings. The van der Waals surface area contributed by atoms with Crippen molar-refractivity contribution in [1.82, 2.24) is 4.57 Å². The van der Waals surface area contributed by atoms with Crippen LogP contribution in [0.2, 0.25) is 5.02 Å². The van der Waals surface area contributed by atoms with Gasteiger partial charge in [0, 0.05) is 32.4 Å². The summed E-state index contributed by atoms with van der Waals surface area (Å²) < 4.78 is 16.6. The topological polar surface area (TPSA) is 17.3 Å². The number of aryl methyl sites for hydroxylation is 1. The van der Waals surface area contributed by atoms with Gasteiger partial charge in [0.2, 0.25) is 0 Å². The zero-order chi connectivity index (χ0) is 17.3. The fourth-order valence-corrected chi connectivity index (χ4v) is 3.15. The molecule has 0 fully saturated rings. The molecule has 0 unspecified atom stereocenters.